The third-order valence-electron chi connectivity index (χ3n) is 3.07. The molecule has 3 nitrogen and oxygen atoms in total. The van der Waals surface area contributed by atoms with Crippen LogP contribution in [0.2, 0.25) is 5.15 Å². The molecule has 0 bridgehead atoms. The van der Waals surface area contributed by atoms with Gasteiger partial charge < -0.3 is 9.30 Å². The second kappa shape index (κ2) is 4.07. The fourth-order valence-corrected chi connectivity index (χ4v) is 2.47. The van der Waals surface area contributed by atoms with E-state index in [1.807, 2.05) is 12.1 Å². The van der Waals surface area contributed by atoms with Gasteiger partial charge in [0.05, 0.1) is 11.6 Å². The summed E-state index contributed by atoms with van der Waals surface area (Å²) in [6.45, 7) is 1.80. The molecule has 4 heteroatoms. The number of pyridine rings is 1. The van der Waals surface area contributed by atoms with Crippen LogP contribution >= 0.6 is 11.6 Å². The molecule has 1 aliphatic rings. The average molecular weight is 237 g/mol. The van der Waals surface area contributed by atoms with Gasteiger partial charge in [0, 0.05) is 30.9 Å². The van der Waals surface area contributed by atoms with E-state index < -0.39 is 0 Å². The molecule has 1 aliphatic heterocycles. The van der Waals surface area contributed by atoms with E-state index in [2.05, 4.69) is 15.7 Å². The van der Waals surface area contributed by atoms with Crippen LogP contribution in [-0.4, -0.2) is 22.3 Å². The van der Waals surface area contributed by atoms with Crippen molar-refractivity contribution in [1.29, 1.82) is 0 Å². The second-order valence-electron chi connectivity index (χ2n) is 4.14. The summed E-state index contributed by atoms with van der Waals surface area (Å²) in [6.07, 6.45) is 6.48. The molecule has 0 aliphatic carbocycles. The van der Waals surface area contributed by atoms with Gasteiger partial charge in [-0.1, -0.05) is 11.6 Å². The largest absolute Gasteiger partial charge is 0.376 e. The molecule has 0 radical (unpaired) electrons. The van der Waals surface area contributed by atoms with Crippen molar-refractivity contribution in [2.45, 2.75) is 25.5 Å². The number of ether oxygens (including phenoxy) is 1. The predicted octanol–water partition coefficient (Wildman–Crippen LogP) is 2.87. The summed E-state index contributed by atoms with van der Waals surface area (Å²) < 4.78 is 7.83. The maximum absolute atomic E-state index is 6.03. The highest BCUT2D eigenvalue weighted by Crippen LogP contribution is 2.23. The van der Waals surface area contributed by atoms with Gasteiger partial charge in [0.25, 0.3) is 0 Å². The molecule has 0 aromatic carbocycles. The summed E-state index contributed by atoms with van der Waals surface area (Å²) in [5.41, 5.74) is 1.13. The molecule has 1 atom stereocenters. The highest BCUT2D eigenvalue weighted by atomic mass is 35.5. The fourth-order valence-electron chi connectivity index (χ4n) is 2.25. The van der Waals surface area contributed by atoms with Gasteiger partial charge in [-0.3, -0.25) is 0 Å². The molecule has 84 valence electrons. The first-order chi connectivity index (χ1) is 7.84. The topological polar surface area (TPSA) is 27.1 Å². The van der Waals surface area contributed by atoms with E-state index in [-0.39, 0.29) is 0 Å². The molecule has 2 aromatic heterocycles. The summed E-state index contributed by atoms with van der Waals surface area (Å²) in [6, 6.07) is 4.01. The summed E-state index contributed by atoms with van der Waals surface area (Å²) >= 11 is 6.03. The molecule has 0 N–H and O–H groups in total. The number of halogens is 1. The van der Waals surface area contributed by atoms with Crippen LogP contribution < -0.4 is 0 Å². The van der Waals surface area contributed by atoms with Gasteiger partial charge in [0.15, 0.2) is 0 Å². The van der Waals surface area contributed by atoms with Gasteiger partial charge in [0.2, 0.25) is 0 Å². The van der Waals surface area contributed by atoms with Crippen LogP contribution in [0, 0.1) is 0 Å². The zero-order valence-corrected chi connectivity index (χ0v) is 9.65. The molecule has 1 unspecified atom stereocenters. The average Bonchev–Trinajstić information content (AvgIpc) is 2.90. The normalized spacial score (nSPS) is 20.7. The number of rotatable bonds is 2. The second-order valence-corrected chi connectivity index (χ2v) is 4.50. The Balaban J connectivity index is 1.94. The molecular weight excluding hydrogens is 224 g/mol. The minimum Gasteiger partial charge on any atom is -0.376 e. The molecule has 0 amide bonds. The number of aromatic nitrogens is 2. The van der Waals surface area contributed by atoms with E-state index in [4.69, 9.17) is 16.3 Å². The Morgan fingerprint density at radius 2 is 2.44 bits per heavy atom. The Bertz CT molecular complexity index is 503. The molecule has 16 heavy (non-hydrogen) atoms. The highest BCUT2D eigenvalue weighted by Gasteiger charge is 2.16. The van der Waals surface area contributed by atoms with E-state index in [1.54, 1.807) is 6.20 Å². The Labute approximate surface area is 99.0 Å². The van der Waals surface area contributed by atoms with Crippen molar-refractivity contribution in [2.24, 2.45) is 0 Å². The van der Waals surface area contributed by atoms with Crippen LogP contribution in [-0.2, 0) is 11.3 Å². The van der Waals surface area contributed by atoms with E-state index in [1.165, 1.54) is 6.42 Å². The number of hydrogen-bond acceptors (Lipinski definition) is 2. The van der Waals surface area contributed by atoms with Crippen LogP contribution in [0.5, 0.6) is 0 Å². The Kier molecular flexibility index (Phi) is 2.58. The van der Waals surface area contributed by atoms with E-state index in [9.17, 15) is 0 Å². The standard InChI is InChI=1S/C12H13ClN2O/c13-12-10-4-6-15(11(10)3-5-14-12)8-9-2-1-7-16-9/h3-6,9H,1-2,7-8H2. The van der Waals surface area contributed by atoms with Crippen molar-refractivity contribution in [3.05, 3.63) is 29.7 Å². The maximum atomic E-state index is 6.03. The lowest BCUT2D eigenvalue weighted by Gasteiger charge is -2.11. The SMILES string of the molecule is Clc1nccc2c1ccn2CC1CCCO1. The van der Waals surface area contributed by atoms with Crippen LogP contribution in [0.4, 0.5) is 0 Å². The molecule has 0 saturated carbocycles. The summed E-state index contributed by atoms with van der Waals surface area (Å²) in [5, 5.41) is 1.59. The minimum atomic E-state index is 0.350. The Morgan fingerprint density at radius 1 is 1.50 bits per heavy atom. The molecule has 3 heterocycles. The molecule has 2 aromatic rings. The summed E-state index contributed by atoms with van der Waals surface area (Å²) in [5.74, 6) is 0. The van der Waals surface area contributed by atoms with Gasteiger partial charge in [-0.25, -0.2) is 4.98 Å². The minimum absolute atomic E-state index is 0.350. The number of hydrogen-bond donors (Lipinski definition) is 0. The first-order valence-corrected chi connectivity index (χ1v) is 5.93. The van der Waals surface area contributed by atoms with Gasteiger partial charge in [-0.05, 0) is 25.0 Å². The third kappa shape index (κ3) is 1.70. The van der Waals surface area contributed by atoms with Crippen molar-refractivity contribution in [3.8, 4) is 0 Å². The molecule has 3 rings (SSSR count). The zero-order valence-electron chi connectivity index (χ0n) is 8.90. The lowest BCUT2D eigenvalue weighted by atomic mass is 10.2. The van der Waals surface area contributed by atoms with Crippen LogP contribution in [0.1, 0.15) is 12.8 Å². The van der Waals surface area contributed by atoms with Crippen molar-refractivity contribution >= 4 is 22.5 Å². The predicted molar refractivity (Wildman–Crippen MR) is 63.7 cm³/mol. The van der Waals surface area contributed by atoms with Gasteiger partial charge >= 0.3 is 0 Å². The number of fused-ring (bicyclic) bond motifs is 1. The van der Waals surface area contributed by atoms with Crippen LogP contribution in [0.25, 0.3) is 10.9 Å². The quantitative estimate of drug-likeness (QED) is 0.750. The Hall–Kier alpha value is -1.06. The van der Waals surface area contributed by atoms with Crippen LogP contribution in [0.3, 0.4) is 0 Å². The van der Waals surface area contributed by atoms with Crippen molar-refractivity contribution in [3.63, 3.8) is 0 Å². The van der Waals surface area contributed by atoms with Crippen molar-refractivity contribution in [2.75, 3.05) is 6.61 Å². The van der Waals surface area contributed by atoms with Crippen molar-refractivity contribution in [1.82, 2.24) is 9.55 Å². The lowest BCUT2D eigenvalue weighted by Crippen LogP contribution is -2.13. The fraction of sp³-hybridized carbons (Fsp3) is 0.417. The third-order valence-corrected chi connectivity index (χ3v) is 3.37. The van der Waals surface area contributed by atoms with Gasteiger partial charge in [0.1, 0.15) is 5.15 Å². The maximum Gasteiger partial charge on any atom is 0.138 e. The highest BCUT2D eigenvalue weighted by molar-refractivity contribution is 6.34. The zero-order chi connectivity index (χ0) is 11.0. The molecular formula is C12H13ClN2O. The lowest BCUT2D eigenvalue weighted by molar-refractivity contribution is 0.0980. The molecule has 0 spiro atoms. The van der Waals surface area contributed by atoms with Crippen molar-refractivity contribution < 1.29 is 4.74 Å². The molecule has 1 fully saturated rings. The molecule has 1 saturated heterocycles. The summed E-state index contributed by atoms with van der Waals surface area (Å²) in [4.78, 5) is 4.07. The summed E-state index contributed by atoms with van der Waals surface area (Å²) in [7, 11) is 0. The smallest absolute Gasteiger partial charge is 0.138 e. The van der Waals surface area contributed by atoms with E-state index in [0.29, 0.717) is 11.3 Å². The van der Waals surface area contributed by atoms with E-state index in [0.717, 1.165) is 30.5 Å². The van der Waals surface area contributed by atoms with Crippen LogP contribution in [0.15, 0.2) is 24.5 Å². The number of nitrogens with zero attached hydrogens (tertiary/aromatic N) is 2. The van der Waals surface area contributed by atoms with Gasteiger partial charge in [-0.2, -0.15) is 0 Å². The van der Waals surface area contributed by atoms with Gasteiger partial charge in [-0.15, -0.1) is 0 Å². The Morgan fingerprint density at radius 3 is 3.25 bits per heavy atom. The first kappa shape index (κ1) is 10.1. The van der Waals surface area contributed by atoms with E-state index >= 15 is 0 Å². The monoisotopic (exact) mass is 236 g/mol. The first-order valence-electron chi connectivity index (χ1n) is 5.55.